The molecule has 0 saturated heterocycles. The van der Waals surface area contributed by atoms with Crippen molar-refractivity contribution < 1.29 is 4.79 Å². The Balaban J connectivity index is 1.32. The van der Waals surface area contributed by atoms with Crippen LogP contribution in [0.4, 0.5) is 0 Å². The van der Waals surface area contributed by atoms with Gasteiger partial charge in [-0.2, -0.15) is 5.10 Å². The Labute approximate surface area is 181 Å². The molecule has 1 fully saturated rings. The van der Waals surface area contributed by atoms with Crippen LogP contribution < -0.4 is 5.32 Å². The molecule has 1 aliphatic carbocycles. The predicted octanol–water partition coefficient (Wildman–Crippen LogP) is 4.37. The van der Waals surface area contributed by atoms with Crippen LogP contribution in [0.2, 0.25) is 0 Å². The van der Waals surface area contributed by atoms with Gasteiger partial charge in [-0.25, -0.2) is 14.6 Å². The monoisotopic (exact) mass is 416 g/mol. The van der Waals surface area contributed by atoms with Gasteiger partial charge in [0.15, 0.2) is 5.65 Å². The number of hydrogen-bond acceptors (Lipinski definition) is 4. The Bertz CT molecular complexity index is 1260. The minimum Gasteiger partial charge on any atom is -0.352 e. The summed E-state index contributed by atoms with van der Waals surface area (Å²) in [5.74, 6) is 1.42. The Morgan fingerprint density at radius 1 is 1.23 bits per heavy atom. The number of hydrogen-bond donors (Lipinski definition) is 1. The van der Waals surface area contributed by atoms with Crippen LogP contribution >= 0.6 is 0 Å². The third-order valence-corrected chi connectivity index (χ3v) is 6.01. The van der Waals surface area contributed by atoms with Gasteiger partial charge in [-0.3, -0.25) is 4.79 Å². The van der Waals surface area contributed by atoms with Gasteiger partial charge in [-0.05, 0) is 58.2 Å². The minimum atomic E-state index is -0.0511. The topological polar surface area (TPSA) is 77.6 Å². The Hall–Kier alpha value is -3.22. The molecule has 1 aromatic carbocycles. The van der Waals surface area contributed by atoms with E-state index in [1.165, 1.54) is 0 Å². The van der Waals surface area contributed by atoms with E-state index in [2.05, 4.69) is 39.9 Å². The summed E-state index contributed by atoms with van der Waals surface area (Å²) in [6, 6.07) is 10.3. The molecule has 0 bridgehead atoms. The number of para-hydroxylation sites is 2. The highest BCUT2D eigenvalue weighted by Crippen LogP contribution is 2.40. The fourth-order valence-corrected chi connectivity index (χ4v) is 4.20. The van der Waals surface area contributed by atoms with Crippen molar-refractivity contribution in [3.8, 4) is 0 Å². The molecule has 3 heterocycles. The maximum Gasteiger partial charge on any atom is 0.252 e. The molecule has 0 radical (unpaired) electrons. The quantitative estimate of drug-likeness (QED) is 0.454. The third-order valence-electron chi connectivity index (χ3n) is 6.01. The lowest BCUT2D eigenvalue weighted by Crippen LogP contribution is -2.26. The number of pyridine rings is 1. The second-order valence-electron chi connectivity index (χ2n) is 8.70. The van der Waals surface area contributed by atoms with Gasteiger partial charge in [0.05, 0.1) is 28.2 Å². The number of carbonyl (C=O) groups excluding carboxylic acids is 1. The van der Waals surface area contributed by atoms with Crippen LogP contribution in [-0.4, -0.2) is 36.8 Å². The number of nitrogens with zero attached hydrogens (tertiary/aromatic N) is 5. The zero-order valence-corrected chi connectivity index (χ0v) is 18.3. The Morgan fingerprint density at radius 2 is 2.03 bits per heavy atom. The van der Waals surface area contributed by atoms with Crippen molar-refractivity contribution in [3.63, 3.8) is 0 Å². The number of carbonyl (C=O) groups is 1. The van der Waals surface area contributed by atoms with Crippen LogP contribution in [0.1, 0.15) is 66.9 Å². The smallest absolute Gasteiger partial charge is 0.252 e. The number of nitrogens with one attached hydrogen (secondary N) is 1. The number of amides is 1. The molecule has 1 saturated carbocycles. The van der Waals surface area contributed by atoms with Crippen molar-refractivity contribution in [1.82, 2.24) is 29.6 Å². The van der Waals surface area contributed by atoms with Gasteiger partial charge in [-0.1, -0.05) is 12.1 Å². The molecule has 1 aliphatic rings. The van der Waals surface area contributed by atoms with E-state index in [-0.39, 0.29) is 11.9 Å². The largest absolute Gasteiger partial charge is 0.352 e. The van der Waals surface area contributed by atoms with Crippen LogP contribution in [-0.2, 0) is 6.54 Å². The van der Waals surface area contributed by atoms with E-state index in [9.17, 15) is 4.79 Å². The number of fused-ring (bicyclic) bond motifs is 2. The summed E-state index contributed by atoms with van der Waals surface area (Å²) in [5, 5.41) is 8.43. The lowest BCUT2D eigenvalue weighted by atomic mass is 10.1. The molecule has 3 aromatic heterocycles. The first-order valence-corrected chi connectivity index (χ1v) is 11.1. The van der Waals surface area contributed by atoms with Gasteiger partial charge in [0.2, 0.25) is 0 Å². The van der Waals surface area contributed by atoms with Gasteiger partial charge in [0.1, 0.15) is 5.82 Å². The van der Waals surface area contributed by atoms with Crippen molar-refractivity contribution in [3.05, 3.63) is 53.6 Å². The highest BCUT2D eigenvalue weighted by atomic mass is 16.1. The van der Waals surface area contributed by atoms with Crippen LogP contribution in [0.15, 0.2) is 36.5 Å². The first kappa shape index (κ1) is 19.7. The zero-order chi connectivity index (χ0) is 21.5. The first-order valence-electron chi connectivity index (χ1n) is 11.1. The van der Waals surface area contributed by atoms with Crippen molar-refractivity contribution in [1.29, 1.82) is 0 Å². The fourth-order valence-electron chi connectivity index (χ4n) is 4.20. The van der Waals surface area contributed by atoms with Crippen molar-refractivity contribution in [2.45, 2.75) is 58.5 Å². The lowest BCUT2D eigenvalue weighted by Gasteiger charge is -2.11. The molecule has 7 heteroatoms. The molecule has 4 aromatic rings. The highest BCUT2D eigenvalue weighted by Gasteiger charge is 2.28. The SMILES string of the molecule is Cc1nc2ccccc2n1CCCNC(=O)c1cc(C2CC2)nc2c1cnn2C(C)C. The van der Waals surface area contributed by atoms with E-state index in [4.69, 9.17) is 4.98 Å². The van der Waals surface area contributed by atoms with Gasteiger partial charge in [-0.15, -0.1) is 0 Å². The molecule has 160 valence electrons. The van der Waals surface area contributed by atoms with Crippen molar-refractivity contribution in [2.75, 3.05) is 6.54 Å². The number of aromatic nitrogens is 5. The molecule has 1 amide bonds. The van der Waals surface area contributed by atoms with Crippen LogP contribution in [0.3, 0.4) is 0 Å². The van der Waals surface area contributed by atoms with E-state index >= 15 is 0 Å². The molecule has 0 unspecified atom stereocenters. The van der Waals surface area contributed by atoms with Gasteiger partial charge in [0, 0.05) is 30.7 Å². The van der Waals surface area contributed by atoms with Gasteiger partial charge < -0.3 is 9.88 Å². The molecule has 1 N–H and O–H groups in total. The minimum absolute atomic E-state index is 0.0511. The van der Waals surface area contributed by atoms with Crippen LogP contribution in [0.25, 0.3) is 22.1 Å². The lowest BCUT2D eigenvalue weighted by molar-refractivity contribution is 0.0954. The summed E-state index contributed by atoms with van der Waals surface area (Å²) in [6.07, 6.45) is 4.90. The second kappa shape index (κ2) is 7.80. The summed E-state index contributed by atoms with van der Waals surface area (Å²) in [4.78, 5) is 22.5. The molecule has 0 aliphatic heterocycles. The first-order chi connectivity index (χ1) is 15.0. The van der Waals surface area contributed by atoms with Crippen molar-refractivity contribution >= 4 is 28.0 Å². The van der Waals surface area contributed by atoms with E-state index in [1.54, 1.807) is 6.20 Å². The second-order valence-corrected chi connectivity index (χ2v) is 8.70. The average molecular weight is 417 g/mol. The van der Waals surface area contributed by atoms with E-state index < -0.39 is 0 Å². The average Bonchev–Trinajstić information content (AvgIpc) is 3.44. The normalized spacial score (nSPS) is 14.1. The Morgan fingerprint density at radius 3 is 2.81 bits per heavy atom. The molecule has 0 spiro atoms. The molecule has 7 nitrogen and oxygen atoms in total. The van der Waals surface area contributed by atoms with E-state index in [0.29, 0.717) is 18.0 Å². The maximum absolute atomic E-state index is 13.1. The summed E-state index contributed by atoms with van der Waals surface area (Å²) in [6.45, 7) is 7.61. The van der Waals surface area contributed by atoms with E-state index in [1.807, 2.05) is 35.9 Å². The van der Waals surface area contributed by atoms with Crippen LogP contribution in [0, 0.1) is 6.92 Å². The van der Waals surface area contributed by atoms with Crippen LogP contribution in [0.5, 0.6) is 0 Å². The standard InChI is InChI=1S/C24H28N6O/c1-15(2)30-23-19(14-26-30)18(13-21(28-23)17-9-10-17)24(31)25-11-6-12-29-16(3)27-20-7-4-5-8-22(20)29/h4-5,7-8,13-15,17H,6,9-12H2,1-3H3,(H,25,31). The molecular formula is C24H28N6O. The summed E-state index contributed by atoms with van der Waals surface area (Å²) >= 11 is 0. The summed E-state index contributed by atoms with van der Waals surface area (Å²) in [5.41, 5.74) is 4.66. The number of imidazole rings is 1. The molecule has 31 heavy (non-hydrogen) atoms. The number of rotatable bonds is 7. The third kappa shape index (κ3) is 3.69. The zero-order valence-electron chi connectivity index (χ0n) is 18.3. The molecule has 5 rings (SSSR count). The predicted molar refractivity (Wildman–Crippen MR) is 121 cm³/mol. The number of benzene rings is 1. The summed E-state index contributed by atoms with van der Waals surface area (Å²) < 4.78 is 4.12. The summed E-state index contributed by atoms with van der Waals surface area (Å²) in [7, 11) is 0. The number of aryl methyl sites for hydroxylation is 2. The highest BCUT2D eigenvalue weighted by molar-refractivity contribution is 6.05. The van der Waals surface area contributed by atoms with E-state index in [0.717, 1.165) is 59.4 Å². The molecule has 0 atom stereocenters. The Kier molecular flexibility index (Phi) is 4.96. The van der Waals surface area contributed by atoms with Gasteiger partial charge in [0.25, 0.3) is 5.91 Å². The maximum atomic E-state index is 13.1. The van der Waals surface area contributed by atoms with Gasteiger partial charge >= 0.3 is 0 Å². The fraction of sp³-hybridized carbons (Fsp3) is 0.417. The van der Waals surface area contributed by atoms with Crippen molar-refractivity contribution in [2.24, 2.45) is 0 Å². The molecular weight excluding hydrogens is 388 g/mol.